The van der Waals surface area contributed by atoms with Gasteiger partial charge in [-0.3, -0.25) is 0 Å². The number of hydrogen-bond donors (Lipinski definition) is 0. The topological polar surface area (TPSA) is 71.7 Å². The van der Waals surface area contributed by atoms with E-state index in [1.165, 1.54) is 0 Å². The van der Waals surface area contributed by atoms with E-state index in [0.717, 1.165) is 47.4 Å². The average Bonchev–Trinajstić information content (AvgIpc) is 3.24. The van der Waals surface area contributed by atoms with Gasteiger partial charge in [-0.15, -0.1) is 0 Å². The monoisotopic (exact) mass is 382 g/mol. The number of anilines is 1. The summed E-state index contributed by atoms with van der Waals surface area (Å²) in [7, 11) is 1.79. The Labute approximate surface area is 164 Å². The van der Waals surface area contributed by atoms with Crippen LogP contribution in [0.4, 0.5) is 10.6 Å². The zero-order chi connectivity index (χ0) is 19.9. The Kier molecular flexibility index (Phi) is 4.61. The Balaban J connectivity index is 1.49. The van der Waals surface area contributed by atoms with E-state index in [1.54, 1.807) is 18.3 Å². The maximum atomic E-state index is 12.2. The number of nitrogens with zero attached hydrogens (tertiary/aromatic N) is 4. The maximum Gasteiger partial charge on any atom is 0.410 e. The van der Waals surface area contributed by atoms with Crippen LogP contribution in [0.3, 0.4) is 0 Å². The van der Waals surface area contributed by atoms with Crippen LogP contribution in [0.5, 0.6) is 0 Å². The third-order valence-corrected chi connectivity index (χ3v) is 4.96. The van der Waals surface area contributed by atoms with Crippen LogP contribution >= 0.6 is 0 Å². The lowest BCUT2D eigenvalue weighted by atomic mass is 10.1. The van der Waals surface area contributed by atoms with E-state index in [4.69, 9.17) is 9.15 Å². The highest BCUT2D eigenvalue weighted by Gasteiger charge is 2.29. The number of fused-ring (bicyclic) bond motifs is 3. The Morgan fingerprint density at radius 2 is 2.11 bits per heavy atom. The van der Waals surface area contributed by atoms with E-state index >= 15 is 0 Å². The molecule has 28 heavy (non-hydrogen) atoms. The van der Waals surface area contributed by atoms with Gasteiger partial charge >= 0.3 is 6.09 Å². The summed E-state index contributed by atoms with van der Waals surface area (Å²) < 4.78 is 11.5. The number of rotatable bonds is 3. The minimum absolute atomic E-state index is 0.285. The second kappa shape index (κ2) is 6.96. The molecule has 1 atom stereocenters. The number of para-hydroxylation sites is 1. The van der Waals surface area contributed by atoms with Gasteiger partial charge in [0.25, 0.3) is 0 Å². The highest BCUT2D eigenvalue weighted by atomic mass is 16.6. The molecule has 1 aliphatic rings. The first-order chi connectivity index (χ1) is 13.3. The van der Waals surface area contributed by atoms with Crippen LogP contribution in [0.2, 0.25) is 0 Å². The number of amides is 1. The molecule has 0 spiro atoms. The number of furan rings is 1. The molecule has 1 amide bonds. The normalized spacial score (nSPS) is 17.4. The quantitative estimate of drug-likeness (QED) is 0.680. The number of carbonyl (C=O) groups is 1. The smallest absolute Gasteiger partial charge is 0.410 e. The van der Waals surface area contributed by atoms with Crippen LogP contribution in [0, 0.1) is 5.92 Å². The fourth-order valence-electron chi connectivity index (χ4n) is 3.71. The van der Waals surface area contributed by atoms with Gasteiger partial charge in [0.05, 0.1) is 0 Å². The van der Waals surface area contributed by atoms with E-state index in [1.807, 2.05) is 45.0 Å². The van der Waals surface area contributed by atoms with E-state index in [-0.39, 0.29) is 6.09 Å². The van der Waals surface area contributed by atoms with Gasteiger partial charge in [0, 0.05) is 32.1 Å². The van der Waals surface area contributed by atoms with Crippen molar-refractivity contribution in [3.8, 4) is 0 Å². The van der Waals surface area contributed by atoms with E-state index in [2.05, 4.69) is 14.9 Å². The Bertz CT molecular complexity index is 1010. The minimum atomic E-state index is -0.485. The van der Waals surface area contributed by atoms with Crippen molar-refractivity contribution in [1.29, 1.82) is 0 Å². The summed E-state index contributed by atoms with van der Waals surface area (Å²) >= 11 is 0. The van der Waals surface area contributed by atoms with Gasteiger partial charge in [0.15, 0.2) is 11.4 Å². The molecular formula is C21H26N4O3. The molecule has 1 unspecified atom stereocenters. The largest absolute Gasteiger partial charge is 0.450 e. The maximum absolute atomic E-state index is 12.2. The summed E-state index contributed by atoms with van der Waals surface area (Å²) in [4.78, 5) is 25.0. The third kappa shape index (κ3) is 3.61. The lowest BCUT2D eigenvalue weighted by Gasteiger charge is -2.26. The van der Waals surface area contributed by atoms with Crippen molar-refractivity contribution in [2.45, 2.75) is 32.8 Å². The SMILES string of the molecule is CN(CC1CCN(c2ncnc3c2oc2ccccc23)C1)C(=O)OC(C)(C)C. The van der Waals surface area contributed by atoms with Crippen molar-refractivity contribution >= 4 is 34.0 Å². The van der Waals surface area contributed by atoms with E-state index in [9.17, 15) is 4.79 Å². The molecule has 1 fully saturated rings. The van der Waals surface area contributed by atoms with Crippen molar-refractivity contribution in [2.75, 3.05) is 31.6 Å². The van der Waals surface area contributed by atoms with Crippen molar-refractivity contribution in [3.05, 3.63) is 30.6 Å². The van der Waals surface area contributed by atoms with Crippen molar-refractivity contribution < 1.29 is 13.9 Å². The molecule has 1 saturated heterocycles. The Morgan fingerprint density at radius 3 is 2.89 bits per heavy atom. The predicted octanol–water partition coefficient (Wildman–Crippen LogP) is 4.07. The number of hydrogen-bond acceptors (Lipinski definition) is 6. The van der Waals surface area contributed by atoms with Gasteiger partial charge in [-0.05, 0) is 45.2 Å². The number of ether oxygens (including phenoxy) is 1. The molecule has 0 bridgehead atoms. The Hall–Kier alpha value is -2.83. The van der Waals surface area contributed by atoms with Gasteiger partial charge in [-0.25, -0.2) is 14.8 Å². The standard InChI is InChI=1S/C21H26N4O3/c1-21(2,3)28-20(26)24(4)11-14-9-10-25(12-14)19-18-17(22-13-23-19)15-7-5-6-8-16(15)27-18/h5-8,13-14H,9-12H2,1-4H3. The van der Waals surface area contributed by atoms with Crippen LogP contribution in [0.25, 0.3) is 22.1 Å². The molecule has 0 radical (unpaired) electrons. The predicted molar refractivity (Wildman–Crippen MR) is 108 cm³/mol. The molecule has 4 rings (SSSR count). The second-order valence-corrected chi connectivity index (χ2v) is 8.43. The molecule has 1 aliphatic heterocycles. The molecule has 148 valence electrons. The number of carbonyl (C=O) groups excluding carboxylic acids is 1. The first-order valence-electron chi connectivity index (χ1n) is 9.63. The first-order valence-corrected chi connectivity index (χ1v) is 9.63. The number of benzene rings is 1. The molecule has 7 nitrogen and oxygen atoms in total. The van der Waals surface area contributed by atoms with Gasteiger partial charge in [0.1, 0.15) is 23.0 Å². The summed E-state index contributed by atoms with van der Waals surface area (Å²) in [6, 6.07) is 7.90. The fourth-order valence-corrected chi connectivity index (χ4v) is 3.71. The zero-order valence-electron chi connectivity index (χ0n) is 16.8. The molecule has 3 aromatic rings. The van der Waals surface area contributed by atoms with Crippen molar-refractivity contribution in [2.24, 2.45) is 5.92 Å². The molecular weight excluding hydrogens is 356 g/mol. The molecule has 1 aromatic carbocycles. The minimum Gasteiger partial charge on any atom is -0.450 e. The lowest BCUT2D eigenvalue weighted by molar-refractivity contribution is 0.0277. The first kappa shape index (κ1) is 18.5. The average molecular weight is 382 g/mol. The number of aromatic nitrogens is 2. The van der Waals surface area contributed by atoms with Crippen LogP contribution in [-0.2, 0) is 4.74 Å². The van der Waals surface area contributed by atoms with Gasteiger partial charge in [0.2, 0.25) is 0 Å². The molecule has 2 aromatic heterocycles. The lowest BCUT2D eigenvalue weighted by Crippen LogP contribution is -2.37. The molecule has 0 aliphatic carbocycles. The summed E-state index contributed by atoms with van der Waals surface area (Å²) in [6.45, 7) is 7.98. The van der Waals surface area contributed by atoms with Gasteiger partial charge in [-0.1, -0.05) is 12.1 Å². The summed E-state index contributed by atoms with van der Waals surface area (Å²) in [5, 5.41) is 1.00. The summed E-state index contributed by atoms with van der Waals surface area (Å²) in [5.41, 5.74) is 1.90. The van der Waals surface area contributed by atoms with Crippen LogP contribution in [-0.4, -0.2) is 53.2 Å². The van der Waals surface area contributed by atoms with Crippen LogP contribution < -0.4 is 4.90 Å². The second-order valence-electron chi connectivity index (χ2n) is 8.43. The molecule has 0 saturated carbocycles. The Morgan fingerprint density at radius 1 is 1.32 bits per heavy atom. The highest BCUT2D eigenvalue weighted by Crippen LogP contribution is 2.34. The van der Waals surface area contributed by atoms with E-state index in [0.29, 0.717) is 12.5 Å². The van der Waals surface area contributed by atoms with Crippen molar-refractivity contribution in [1.82, 2.24) is 14.9 Å². The third-order valence-electron chi connectivity index (χ3n) is 4.96. The molecule has 3 heterocycles. The molecule has 0 N–H and O–H groups in total. The summed E-state index contributed by atoms with van der Waals surface area (Å²) in [5.74, 6) is 1.18. The van der Waals surface area contributed by atoms with Crippen LogP contribution in [0.15, 0.2) is 35.0 Å². The summed E-state index contributed by atoms with van der Waals surface area (Å²) in [6.07, 6.45) is 2.30. The van der Waals surface area contributed by atoms with Crippen molar-refractivity contribution in [3.63, 3.8) is 0 Å². The fraction of sp³-hybridized carbons (Fsp3) is 0.476. The van der Waals surface area contributed by atoms with Crippen LogP contribution in [0.1, 0.15) is 27.2 Å². The van der Waals surface area contributed by atoms with Gasteiger partial charge < -0.3 is 19.0 Å². The highest BCUT2D eigenvalue weighted by molar-refractivity contribution is 6.05. The molecule has 7 heteroatoms. The van der Waals surface area contributed by atoms with E-state index < -0.39 is 5.60 Å². The van der Waals surface area contributed by atoms with Gasteiger partial charge in [-0.2, -0.15) is 0 Å². The zero-order valence-corrected chi connectivity index (χ0v) is 16.8.